The van der Waals surface area contributed by atoms with Gasteiger partial charge in [-0.25, -0.2) is 14.2 Å². The van der Waals surface area contributed by atoms with Gasteiger partial charge >= 0.3 is 12.5 Å². The van der Waals surface area contributed by atoms with Crippen molar-refractivity contribution in [2.24, 2.45) is 0 Å². The number of alkyl halides is 3. The highest BCUT2D eigenvalue weighted by molar-refractivity contribution is 5.72. The Morgan fingerprint density at radius 2 is 1.63 bits per heavy atom. The van der Waals surface area contributed by atoms with Crippen LogP contribution >= 0.6 is 0 Å². The maximum absolute atomic E-state index is 14.4. The summed E-state index contributed by atoms with van der Waals surface area (Å²) in [5.41, 5.74) is 8.35. The van der Waals surface area contributed by atoms with E-state index in [2.05, 4.69) is 9.72 Å². The number of amides is 1. The summed E-state index contributed by atoms with van der Waals surface area (Å²) in [5.74, 6) is -2.66. The Morgan fingerprint density at radius 1 is 1.02 bits per heavy atom. The normalized spacial score (nSPS) is 15.0. The fourth-order valence-corrected chi connectivity index (χ4v) is 4.93. The molecule has 2 heterocycles. The monoisotopic (exact) mass is 568 g/mol. The number of nitrogens with zero attached hydrogens (tertiary/aromatic N) is 3. The molecule has 41 heavy (non-hydrogen) atoms. The molecule has 0 saturated carbocycles. The molecule has 0 aliphatic carbocycles. The molecule has 5 rings (SSSR count). The molecule has 1 aliphatic heterocycles. The fourth-order valence-electron chi connectivity index (χ4n) is 4.93. The van der Waals surface area contributed by atoms with Crippen molar-refractivity contribution in [1.82, 2.24) is 14.5 Å². The zero-order valence-corrected chi connectivity index (χ0v) is 21.6. The molecule has 1 aromatic heterocycles. The van der Waals surface area contributed by atoms with Crippen molar-refractivity contribution in [3.8, 4) is 11.5 Å². The van der Waals surface area contributed by atoms with E-state index < -0.39 is 41.9 Å². The van der Waals surface area contributed by atoms with Crippen LogP contribution in [0.2, 0.25) is 0 Å². The van der Waals surface area contributed by atoms with E-state index in [1.807, 2.05) is 60.7 Å². The molecule has 1 atom stereocenters. The van der Waals surface area contributed by atoms with E-state index in [1.54, 1.807) is 6.92 Å². The summed E-state index contributed by atoms with van der Waals surface area (Å²) in [7, 11) is 0. The molecule has 12 heteroatoms. The third-order valence-corrected chi connectivity index (χ3v) is 6.79. The van der Waals surface area contributed by atoms with E-state index in [0.717, 1.165) is 23.3 Å². The number of carbonyl (C=O) groups is 1. The number of halogens is 4. The van der Waals surface area contributed by atoms with Crippen LogP contribution in [0.5, 0.6) is 11.5 Å². The van der Waals surface area contributed by atoms with Gasteiger partial charge in [0, 0.05) is 18.2 Å². The van der Waals surface area contributed by atoms with Gasteiger partial charge in [0.2, 0.25) is 5.95 Å². The first-order chi connectivity index (χ1) is 19.5. The highest BCUT2D eigenvalue weighted by Gasteiger charge is 2.35. The Morgan fingerprint density at radius 3 is 2.20 bits per heavy atom. The van der Waals surface area contributed by atoms with Crippen LogP contribution in [0.15, 0.2) is 83.7 Å². The molecule has 212 valence electrons. The van der Waals surface area contributed by atoms with Crippen LogP contribution in [0.3, 0.4) is 0 Å². The molecule has 1 amide bonds. The second kappa shape index (κ2) is 11.0. The van der Waals surface area contributed by atoms with Crippen LogP contribution in [0.1, 0.15) is 41.4 Å². The number of ether oxygens (including phenoxy) is 2. The Bertz CT molecular complexity index is 1590. The minimum absolute atomic E-state index is 0.0477. The number of nitrogen functional groups attached to an aromatic ring is 1. The van der Waals surface area contributed by atoms with Crippen molar-refractivity contribution < 1.29 is 31.8 Å². The predicted octanol–water partition coefficient (Wildman–Crippen LogP) is 5.62. The van der Waals surface area contributed by atoms with E-state index in [9.17, 15) is 27.2 Å². The van der Waals surface area contributed by atoms with Gasteiger partial charge in [-0.3, -0.25) is 14.3 Å². The van der Waals surface area contributed by atoms with Gasteiger partial charge in [0.05, 0.1) is 17.8 Å². The quantitative estimate of drug-likeness (QED) is 0.314. The summed E-state index contributed by atoms with van der Waals surface area (Å²) in [5, 5.41) is 0. The molecule has 0 spiro atoms. The predicted molar refractivity (Wildman–Crippen MR) is 141 cm³/mol. The second-order valence-electron chi connectivity index (χ2n) is 9.36. The average Bonchev–Trinajstić information content (AvgIpc) is 2.93. The van der Waals surface area contributed by atoms with Crippen molar-refractivity contribution in [1.29, 1.82) is 0 Å². The third-order valence-electron chi connectivity index (χ3n) is 6.79. The molecule has 8 nitrogen and oxygen atoms in total. The summed E-state index contributed by atoms with van der Waals surface area (Å²) in [4.78, 5) is 32.6. The van der Waals surface area contributed by atoms with E-state index >= 15 is 0 Å². The summed E-state index contributed by atoms with van der Waals surface area (Å²) >= 11 is 0. The maximum atomic E-state index is 14.4. The molecule has 1 unspecified atom stereocenters. The van der Waals surface area contributed by atoms with Crippen molar-refractivity contribution in [2.75, 3.05) is 12.3 Å². The number of aromatic nitrogens is 2. The van der Waals surface area contributed by atoms with Gasteiger partial charge in [-0.05, 0) is 36.6 Å². The van der Waals surface area contributed by atoms with Gasteiger partial charge < -0.3 is 15.2 Å². The minimum Gasteiger partial charge on any atom is -0.407 e. The molecule has 2 N–H and O–H groups in total. The van der Waals surface area contributed by atoms with Crippen molar-refractivity contribution in [3.63, 3.8) is 0 Å². The number of anilines is 1. The van der Waals surface area contributed by atoms with Gasteiger partial charge in [0.25, 0.3) is 5.56 Å². The number of hydrogen-bond donors (Lipinski definition) is 1. The second-order valence-corrected chi connectivity index (χ2v) is 9.36. The topological polar surface area (TPSA) is 99.7 Å². The molecule has 0 bridgehead atoms. The highest BCUT2D eigenvalue weighted by Crippen LogP contribution is 2.33. The van der Waals surface area contributed by atoms with Crippen molar-refractivity contribution >= 4 is 12.0 Å². The van der Waals surface area contributed by atoms with Crippen LogP contribution in [-0.4, -0.2) is 33.5 Å². The highest BCUT2D eigenvalue weighted by atomic mass is 19.4. The molecule has 4 aromatic rings. The molecule has 0 radical (unpaired) electrons. The standard InChI is InChI=1S/C29H24F4N4O4/c1-17-24-21(14-15-36(17)28(39)40-23-13-12-20(16-22(23)30)41-29(31,32)33)26(38)37(27(34)35-24)25(18-8-4-2-5-9-18)19-10-6-3-7-11-19/h2-13,16-17,25H,14-15H2,1H3,(H2,34,35). The van der Waals surface area contributed by atoms with Gasteiger partial charge in [-0.2, -0.15) is 0 Å². The van der Waals surface area contributed by atoms with Crippen LogP contribution in [-0.2, 0) is 6.42 Å². The fraction of sp³-hybridized carbons (Fsp3) is 0.207. The largest absolute Gasteiger partial charge is 0.573 e. The molecule has 1 aliphatic rings. The summed E-state index contributed by atoms with van der Waals surface area (Å²) in [6, 6.07) is 19.6. The minimum atomic E-state index is -5.00. The SMILES string of the molecule is CC1c2nc(N)n(C(c3ccccc3)c3ccccc3)c(=O)c2CCN1C(=O)Oc1ccc(OC(F)(F)F)cc1F. The number of rotatable bonds is 5. The maximum Gasteiger partial charge on any atom is 0.573 e. The molecular formula is C29H24F4N4O4. The van der Waals surface area contributed by atoms with Crippen molar-refractivity contribution in [2.45, 2.75) is 31.8 Å². The Labute approximate surface area is 231 Å². The number of benzene rings is 3. The summed E-state index contributed by atoms with van der Waals surface area (Å²) < 4.78 is 61.9. The van der Waals surface area contributed by atoms with Gasteiger partial charge in [0.1, 0.15) is 5.75 Å². The van der Waals surface area contributed by atoms with E-state index in [-0.39, 0.29) is 30.2 Å². The molecule has 3 aromatic carbocycles. The lowest BCUT2D eigenvalue weighted by molar-refractivity contribution is -0.274. The Hall–Kier alpha value is -4.87. The van der Waals surface area contributed by atoms with Crippen LogP contribution in [0, 0.1) is 5.82 Å². The van der Waals surface area contributed by atoms with Crippen LogP contribution in [0.25, 0.3) is 0 Å². The lowest BCUT2D eigenvalue weighted by Crippen LogP contribution is -2.45. The number of carbonyl (C=O) groups excluding carboxylic acids is 1. The van der Waals surface area contributed by atoms with E-state index in [4.69, 9.17) is 10.5 Å². The van der Waals surface area contributed by atoms with E-state index in [0.29, 0.717) is 11.6 Å². The van der Waals surface area contributed by atoms with Crippen LogP contribution < -0.4 is 20.8 Å². The number of fused-ring (bicyclic) bond motifs is 1. The van der Waals surface area contributed by atoms with Crippen LogP contribution in [0.4, 0.5) is 28.3 Å². The lowest BCUT2D eigenvalue weighted by atomic mass is 9.96. The first-order valence-electron chi connectivity index (χ1n) is 12.6. The Kier molecular flexibility index (Phi) is 7.40. The number of hydrogen-bond acceptors (Lipinski definition) is 6. The molecule has 0 fully saturated rings. The van der Waals surface area contributed by atoms with Gasteiger partial charge in [0.15, 0.2) is 11.6 Å². The third kappa shape index (κ3) is 5.72. The van der Waals surface area contributed by atoms with Gasteiger partial charge in [-0.15, -0.1) is 13.2 Å². The Balaban J connectivity index is 1.44. The smallest absolute Gasteiger partial charge is 0.407 e. The molecule has 0 saturated heterocycles. The van der Waals surface area contributed by atoms with E-state index in [1.165, 1.54) is 9.47 Å². The van der Waals surface area contributed by atoms with Crippen molar-refractivity contribution in [3.05, 3.63) is 117 Å². The molecular weight excluding hydrogens is 544 g/mol. The lowest BCUT2D eigenvalue weighted by Gasteiger charge is -2.34. The average molecular weight is 569 g/mol. The zero-order chi connectivity index (χ0) is 29.3. The number of nitrogens with two attached hydrogens (primary N) is 1. The zero-order valence-electron chi connectivity index (χ0n) is 21.6. The summed E-state index contributed by atoms with van der Waals surface area (Å²) in [6.07, 6.45) is -5.85. The summed E-state index contributed by atoms with van der Waals surface area (Å²) in [6.45, 7) is 1.67. The first kappa shape index (κ1) is 27.7. The van der Waals surface area contributed by atoms with Gasteiger partial charge in [-0.1, -0.05) is 60.7 Å². The first-order valence-corrected chi connectivity index (χ1v) is 12.6.